The molecule has 3 rings (SSSR count). The number of nitrogens with zero attached hydrogens (tertiary/aromatic N) is 1. The number of anilines is 1. The van der Waals surface area contributed by atoms with Gasteiger partial charge in [-0.15, -0.1) is 0 Å². The maximum absolute atomic E-state index is 12.9. The Balaban J connectivity index is 2.04. The molecule has 1 heterocycles. The molecule has 3 aromatic rings. The van der Waals surface area contributed by atoms with Crippen molar-refractivity contribution >= 4 is 15.7 Å². The SMILES string of the molecule is Cc1ccc(-c2ccc(C)c(N(C)S(=O)(=O)c3ccc(O)cc3)c2)o1. The Bertz CT molecular complexity index is 1000. The van der Waals surface area contributed by atoms with Crippen LogP contribution in [0.2, 0.25) is 0 Å². The monoisotopic (exact) mass is 357 g/mol. The molecule has 0 unspecified atom stereocenters. The van der Waals surface area contributed by atoms with Crippen LogP contribution < -0.4 is 4.31 Å². The quantitative estimate of drug-likeness (QED) is 0.763. The van der Waals surface area contributed by atoms with E-state index >= 15 is 0 Å². The molecule has 25 heavy (non-hydrogen) atoms. The summed E-state index contributed by atoms with van der Waals surface area (Å²) in [5.41, 5.74) is 2.21. The molecule has 0 amide bonds. The van der Waals surface area contributed by atoms with Crippen molar-refractivity contribution in [1.29, 1.82) is 0 Å². The number of rotatable bonds is 4. The molecule has 130 valence electrons. The zero-order valence-corrected chi connectivity index (χ0v) is 15.0. The average molecular weight is 357 g/mol. The lowest BCUT2D eigenvalue weighted by Crippen LogP contribution is -2.27. The van der Waals surface area contributed by atoms with Crippen molar-refractivity contribution in [2.45, 2.75) is 18.7 Å². The van der Waals surface area contributed by atoms with Crippen LogP contribution in [-0.2, 0) is 10.0 Å². The van der Waals surface area contributed by atoms with Gasteiger partial charge in [-0.1, -0.05) is 12.1 Å². The second-order valence-electron chi connectivity index (χ2n) is 5.88. The lowest BCUT2D eigenvalue weighted by molar-refractivity contribution is 0.475. The molecule has 1 N–H and O–H groups in total. The van der Waals surface area contributed by atoms with E-state index in [1.165, 1.54) is 35.6 Å². The third-order valence-corrected chi connectivity index (χ3v) is 5.85. The number of phenolic OH excluding ortho intramolecular Hbond substituents is 1. The summed E-state index contributed by atoms with van der Waals surface area (Å²) in [7, 11) is -2.22. The zero-order chi connectivity index (χ0) is 18.2. The second-order valence-corrected chi connectivity index (χ2v) is 7.85. The molecular weight excluding hydrogens is 338 g/mol. The Labute approximate surface area is 147 Å². The summed E-state index contributed by atoms with van der Waals surface area (Å²) in [5.74, 6) is 1.50. The van der Waals surface area contributed by atoms with Crippen LogP contribution in [0.5, 0.6) is 5.75 Å². The molecule has 0 fully saturated rings. The molecule has 0 aliphatic heterocycles. The van der Waals surface area contributed by atoms with Crippen molar-refractivity contribution < 1.29 is 17.9 Å². The van der Waals surface area contributed by atoms with Crippen molar-refractivity contribution in [2.75, 3.05) is 11.4 Å². The highest BCUT2D eigenvalue weighted by Gasteiger charge is 2.23. The summed E-state index contributed by atoms with van der Waals surface area (Å²) in [4.78, 5) is 0.117. The van der Waals surface area contributed by atoms with E-state index in [0.717, 1.165) is 16.9 Å². The van der Waals surface area contributed by atoms with Crippen molar-refractivity contribution in [3.63, 3.8) is 0 Å². The van der Waals surface area contributed by atoms with Crippen LogP contribution in [0.3, 0.4) is 0 Å². The fraction of sp³-hybridized carbons (Fsp3) is 0.158. The van der Waals surface area contributed by atoms with Gasteiger partial charge in [-0.2, -0.15) is 0 Å². The first-order chi connectivity index (χ1) is 11.8. The lowest BCUT2D eigenvalue weighted by atomic mass is 10.1. The first kappa shape index (κ1) is 17.1. The summed E-state index contributed by atoms with van der Waals surface area (Å²) in [6.45, 7) is 3.72. The minimum atomic E-state index is -3.73. The lowest BCUT2D eigenvalue weighted by Gasteiger charge is -2.22. The van der Waals surface area contributed by atoms with Crippen molar-refractivity contribution in [2.24, 2.45) is 0 Å². The maximum atomic E-state index is 12.9. The van der Waals surface area contributed by atoms with Gasteiger partial charge in [-0.05, 0) is 61.9 Å². The topological polar surface area (TPSA) is 70.8 Å². The molecular formula is C19H19NO4S. The molecule has 1 aromatic heterocycles. The van der Waals surface area contributed by atoms with Gasteiger partial charge in [0, 0.05) is 12.6 Å². The van der Waals surface area contributed by atoms with Crippen molar-refractivity contribution in [3.8, 4) is 17.1 Å². The van der Waals surface area contributed by atoms with E-state index in [4.69, 9.17) is 4.42 Å². The molecule has 0 spiro atoms. The highest BCUT2D eigenvalue weighted by Crippen LogP contribution is 2.31. The number of phenols is 1. The van der Waals surface area contributed by atoms with E-state index in [0.29, 0.717) is 11.4 Å². The van der Waals surface area contributed by atoms with Crippen LogP contribution in [0.25, 0.3) is 11.3 Å². The van der Waals surface area contributed by atoms with Crippen LogP contribution in [-0.4, -0.2) is 20.6 Å². The van der Waals surface area contributed by atoms with E-state index in [1.807, 2.05) is 38.1 Å². The van der Waals surface area contributed by atoms with Crippen LogP contribution in [0.1, 0.15) is 11.3 Å². The van der Waals surface area contributed by atoms with Crippen LogP contribution >= 0.6 is 0 Å². The maximum Gasteiger partial charge on any atom is 0.264 e. The number of aromatic hydroxyl groups is 1. The molecule has 0 atom stereocenters. The zero-order valence-electron chi connectivity index (χ0n) is 14.2. The molecule has 0 radical (unpaired) electrons. The first-order valence-electron chi connectivity index (χ1n) is 7.74. The summed E-state index contributed by atoms with van der Waals surface area (Å²) >= 11 is 0. The highest BCUT2D eigenvalue weighted by atomic mass is 32.2. The molecule has 5 nitrogen and oxygen atoms in total. The van der Waals surface area contributed by atoms with Crippen LogP contribution in [0.4, 0.5) is 5.69 Å². The van der Waals surface area contributed by atoms with Gasteiger partial charge in [-0.25, -0.2) is 8.42 Å². The number of hydrogen-bond acceptors (Lipinski definition) is 4. The number of sulfonamides is 1. The van der Waals surface area contributed by atoms with Gasteiger partial charge in [0.2, 0.25) is 0 Å². The molecule has 0 aliphatic rings. The normalized spacial score (nSPS) is 11.5. The number of furan rings is 1. The fourth-order valence-electron chi connectivity index (χ4n) is 2.60. The Kier molecular flexibility index (Phi) is 4.30. The standard InChI is InChI=1S/C19H19NO4S/c1-13-4-6-15(19-11-5-14(2)24-19)12-18(13)20(3)25(22,23)17-9-7-16(21)8-10-17/h4-12,21H,1-3H3. The van der Waals surface area contributed by atoms with E-state index in [9.17, 15) is 13.5 Å². The molecule has 6 heteroatoms. The van der Waals surface area contributed by atoms with Gasteiger partial charge in [-0.3, -0.25) is 4.31 Å². The third-order valence-electron chi connectivity index (χ3n) is 4.07. The number of hydrogen-bond donors (Lipinski definition) is 1. The molecule has 0 saturated carbocycles. The average Bonchev–Trinajstić information content (AvgIpc) is 3.01. The van der Waals surface area contributed by atoms with Gasteiger partial charge >= 0.3 is 0 Å². The summed E-state index contributed by atoms with van der Waals surface area (Å²) in [6.07, 6.45) is 0. The van der Waals surface area contributed by atoms with Gasteiger partial charge < -0.3 is 9.52 Å². The van der Waals surface area contributed by atoms with Gasteiger partial charge in [0.15, 0.2) is 0 Å². The minimum absolute atomic E-state index is 0.0213. The van der Waals surface area contributed by atoms with E-state index in [1.54, 1.807) is 6.07 Å². The largest absolute Gasteiger partial charge is 0.508 e. The Hall–Kier alpha value is -2.73. The van der Waals surface area contributed by atoms with Gasteiger partial charge in [0.1, 0.15) is 17.3 Å². The Morgan fingerprint density at radius 3 is 2.24 bits per heavy atom. The minimum Gasteiger partial charge on any atom is -0.508 e. The second kappa shape index (κ2) is 6.29. The Morgan fingerprint density at radius 2 is 1.64 bits per heavy atom. The summed E-state index contributed by atoms with van der Waals surface area (Å²) < 4.78 is 32.6. The van der Waals surface area contributed by atoms with Crippen LogP contribution in [0.15, 0.2) is 63.9 Å². The number of benzene rings is 2. The molecule has 0 aliphatic carbocycles. The van der Waals surface area contributed by atoms with Gasteiger partial charge in [0.25, 0.3) is 10.0 Å². The van der Waals surface area contributed by atoms with Crippen molar-refractivity contribution in [1.82, 2.24) is 0 Å². The number of aryl methyl sites for hydroxylation is 2. The fourth-order valence-corrected chi connectivity index (χ4v) is 3.85. The third kappa shape index (κ3) is 3.25. The summed E-state index contributed by atoms with van der Waals surface area (Å²) in [5, 5.41) is 9.37. The Morgan fingerprint density at radius 1 is 0.960 bits per heavy atom. The smallest absolute Gasteiger partial charge is 0.264 e. The predicted molar refractivity (Wildman–Crippen MR) is 97.3 cm³/mol. The molecule has 2 aromatic carbocycles. The first-order valence-corrected chi connectivity index (χ1v) is 9.18. The van der Waals surface area contributed by atoms with Crippen molar-refractivity contribution in [3.05, 3.63) is 65.9 Å². The molecule has 0 saturated heterocycles. The predicted octanol–water partition coefficient (Wildman–Crippen LogP) is 4.09. The van der Waals surface area contributed by atoms with E-state index < -0.39 is 10.0 Å². The highest BCUT2D eigenvalue weighted by molar-refractivity contribution is 7.92. The molecule has 0 bridgehead atoms. The van der Waals surface area contributed by atoms with E-state index in [-0.39, 0.29) is 10.6 Å². The van der Waals surface area contributed by atoms with E-state index in [2.05, 4.69) is 0 Å². The van der Waals surface area contributed by atoms with Crippen LogP contribution in [0, 0.1) is 13.8 Å². The van der Waals surface area contributed by atoms with Gasteiger partial charge in [0.05, 0.1) is 10.6 Å². The summed E-state index contributed by atoms with van der Waals surface area (Å²) in [6, 6.07) is 14.8.